The van der Waals surface area contributed by atoms with Gasteiger partial charge in [0.05, 0.1) is 5.69 Å². The summed E-state index contributed by atoms with van der Waals surface area (Å²) < 4.78 is 0. The van der Waals surface area contributed by atoms with E-state index in [2.05, 4.69) is 24.1 Å². The molecule has 1 aromatic heterocycles. The lowest BCUT2D eigenvalue weighted by molar-refractivity contribution is 0.0690. The van der Waals surface area contributed by atoms with Gasteiger partial charge in [0, 0.05) is 12.1 Å². The third-order valence-corrected chi connectivity index (χ3v) is 3.35. The number of aromatic carboxylic acids is 1. The second-order valence-corrected chi connectivity index (χ2v) is 5.17. The maximum absolute atomic E-state index is 10.8. The molecule has 0 saturated heterocycles. The number of carboxylic acid groups (broad SMARTS) is 1. The largest absolute Gasteiger partial charge is 0.477 e. The van der Waals surface area contributed by atoms with Crippen molar-refractivity contribution in [2.45, 2.75) is 38.8 Å². The van der Waals surface area contributed by atoms with Gasteiger partial charge < -0.3 is 10.4 Å². The van der Waals surface area contributed by atoms with Crippen LogP contribution in [-0.2, 0) is 6.54 Å². The predicted molar refractivity (Wildman–Crippen MR) is 64.8 cm³/mol. The zero-order valence-electron chi connectivity index (χ0n) is 10.2. The van der Waals surface area contributed by atoms with E-state index in [1.165, 1.54) is 18.9 Å². The zero-order chi connectivity index (χ0) is 12.5. The zero-order valence-corrected chi connectivity index (χ0v) is 10.2. The van der Waals surface area contributed by atoms with E-state index < -0.39 is 5.97 Å². The Labute approximate surface area is 101 Å². The van der Waals surface area contributed by atoms with Crippen molar-refractivity contribution in [1.29, 1.82) is 0 Å². The van der Waals surface area contributed by atoms with Crippen LogP contribution in [-0.4, -0.2) is 21.6 Å². The van der Waals surface area contributed by atoms with Gasteiger partial charge >= 0.3 is 5.97 Å². The molecule has 0 amide bonds. The lowest BCUT2D eigenvalue weighted by Gasteiger charge is -2.26. The second-order valence-electron chi connectivity index (χ2n) is 5.17. The SMILES string of the molecule is CC(C)(NCc1cccc(C(=O)O)n1)C1CC1. The quantitative estimate of drug-likeness (QED) is 0.818. The summed E-state index contributed by atoms with van der Waals surface area (Å²) in [5, 5.41) is 12.3. The first-order chi connectivity index (χ1) is 7.99. The molecule has 0 unspecified atom stereocenters. The van der Waals surface area contributed by atoms with Gasteiger partial charge in [0.25, 0.3) is 0 Å². The smallest absolute Gasteiger partial charge is 0.354 e. The van der Waals surface area contributed by atoms with Gasteiger partial charge in [-0.3, -0.25) is 0 Å². The Morgan fingerprint density at radius 3 is 2.82 bits per heavy atom. The van der Waals surface area contributed by atoms with Gasteiger partial charge in [-0.05, 0) is 44.7 Å². The average molecular weight is 234 g/mol. The fraction of sp³-hybridized carbons (Fsp3) is 0.538. The van der Waals surface area contributed by atoms with Crippen molar-refractivity contribution in [3.63, 3.8) is 0 Å². The molecule has 0 aromatic carbocycles. The molecular weight excluding hydrogens is 216 g/mol. The van der Waals surface area contributed by atoms with Gasteiger partial charge in [-0.25, -0.2) is 9.78 Å². The van der Waals surface area contributed by atoms with Gasteiger partial charge in [0.1, 0.15) is 5.69 Å². The Morgan fingerprint density at radius 1 is 1.53 bits per heavy atom. The summed E-state index contributed by atoms with van der Waals surface area (Å²) in [6, 6.07) is 5.10. The monoisotopic (exact) mass is 234 g/mol. The van der Waals surface area contributed by atoms with E-state index in [1.807, 2.05) is 6.07 Å². The first-order valence-electron chi connectivity index (χ1n) is 5.93. The van der Waals surface area contributed by atoms with Crippen molar-refractivity contribution >= 4 is 5.97 Å². The van der Waals surface area contributed by atoms with Gasteiger partial charge in [0.2, 0.25) is 0 Å². The summed E-state index contributed by atoms with van der Waals surface area (Å²) in [4.78, 5) is 14.9. The number of rotatable bonds is 5. The molecule has 4 heteroatoms. The maximum atomic E-state index is 10.8. The normalized spacial score (nSPS) is 15.9. The Bertz CT molecular complexity index is 425. The minimum absolute atomic E-state index is 0.105. The van der Waals surface area contributed by atoms with Crippen LogP contribution in [0, 0.1) is 5.92 Å². The van der Waals surface area contributed by atoms with Gasteiger partial charge in [-0.2, -0.15) is 0 Å². The molecule has 0 bridgehead atoms. The highest BCUT2D eigenvalue weighted by molar-refractivity contribution is 5.85. The highest BCUT2D eigenvalue weighted by atomic mass is 16.4. The van der Waals surface area contributed by atoms with Crippen molar-refractivity contribution < 1.29 is 9.90 Å². The summed E-state index contributed by atoms with van der Waals surface area (Å²) in [7, 11) is 0. The fourth-order valence-electron chi connectivity index (χ4n) is 1.96. The Balaban J connectivity index is 1.98. The van der Waals surface area contributed by atoms with Crippen LogP contribution < -0.4 is 5.32 Å². The first-order valence-corrected chi connectivity index (χ1v) is 5.93. The number of hydrogen-bond acceptors (Lipinski definition) is 3. The molecule has 2 N–H and O–H groups in total. The number of nitrogens with one attached hydrogen (secondary N) is 1. The Hall–Kier alpha value is -1.42. The van der Waals surface area contributed by atoms with Crippen molar-refractivity contribution in [2.75, 3.05) is 0 Å². The molecule has 1 heterocycles. The number of nitrogens with zero attached hydrogens (tertiary/aromatic N) is 1. The van der Waals surface area contributed by atoms with Gasteiger partial charge in [-0.15, -0.1) is 0 Å². The fourth-order valence-corrected chi connectivity index (χ4v) is 1.96. The molecule has 1 fully saturated rings. The summed E-state index contributed by atoms with van der Waals surface area (Å²) in [6.45, 7) is 4.99. The maximum Gasteiger partial charge on any atom is 0.354 e. The van der Waals surface area contributed by atoms with Crippen LogP contribution in [0.2, 0.25) is 0 Å². The molecule has 1 saturated carbocycles. The van der Waals surface area contributed by atoms with Crippen LogP contribution in [0.15, 0.2) is 18.2 Å². The van der Waals surface area contributed by atoms with Crippen molar-refractivity contribution in [1.82, 2.24) is 10.3 Å². The van der Waals surface area contributed by atoms with E-state index in [-0.39, 0.29) is 11.2 Å². The second kappa shape index (κ2) is 4.45. The van der Waals surface area contributed by atoms with E-state index in [9.17, 15) is 4.79 Å². The van der Waals surface area contributed by atoms with E-state index in [0.29, 0.717) is 6.54 Å². The third kappa shape index (κ3) is 3.03. The van der Waals surface area contributed by atoms with Crippen LogP contribution in [0.1, 0.15) is 42.9 Å². The lowest BCUT2D eigenvalue weighted by Crippen LogP contribution is -2.41. The molecule has 2 rings (SSSR count). The minimum Gasteiger partial charge on any atom is -0.477 e. The standard InChI is InChI=1S/C13H18N2O2/c1-13(2,9-6-7-9)14-8-10-4-3-5-11(15-10)12(16)17/h3-5,9,14H,6-8H2,1-2H3,(H,16,17). The summed E-state index contributed by atoms with van der Waals surface area (Å²) in [5.74, 6) is -0.238. The topological polar surface area (TPSA) is 62.2 Å². The Kier molecular flexibility index (Phi) is 3.15. The number of carbonyl (C=O) groups is 1. The summed E-state index contributed by atoms with van der Waals surface area (Å²) in [5.41, 5.74) is 0.994. The Morgan fingerprint density at radius 2 is 2.24 bits per heavy atom. The molecule has 0 atom stereocenters. The molecule has 17 heavy (non-hydrogen) atoms. The average Bonchev–Trinajstić information content (AvgIpc) is 3.11. The minimum atomic E-state index is -0.978. The number of aromatic nitrogens is 1. The lowest BCUT2D eigenvalue weighted by atomic mass is 9.99. The van der Waals surface area contributed by atoms with Gasteiger partial charge in [-0.1, -0.05) is 6.07 Å². The molecular formula is C13H18N2O2. The van der Waals surface area contributed by atoms with E-state index >= 15 is 0 Å². The molecule has 4 nitrogen and oxygen atoms in total. The molecule has 1 aliphatic rings. The van der Waals surface area contributed by atoms with Crippen LogP contribution in [0.4, 0.5) is 0 Å². The summed E-state index contributed by atoms with van der Waals surface area (Å²) in [6.07, 6.45) is 2.56. The molecule has 0 radical (unpaired) electrons. The molecule has 0 aliphatic heterocycles. The van der Waals surface area contributed by atoms with Crippen LogP contribution in [0.25, 0.3) is 0 Å². The predicted octanol–water partition coefficient (Wildman–Crippen LogP) is 2.06. The van der Waals surface area contributed by atoms with Gasteiger partial charge in [0.15, 0.2) is 0 Å². The van der Waals surface area contributed by atoms with E-state index in [1.54, 1.807) is 6.07 Å². The van der Waals surface area contributed by atoms with E-state index in [0.717, 1.165) is 11.6 Å². The summed E-state index contributed by atoms with van der Waals surface area (Å²) >= 11 is 0. The molecule has 1 aromatic rings. The highest BCUT2D eigenvalue weighted by Gasteiger charge is 2.37. The number of hydrogen-bond donors (Lipinski definition) is 2. The highest BCUT2D eigenvalue weighted by Crippen LogP contribution is 2.39. The van der Waals surface area contributed by atoms with Crippen LogP contribution in [0.5, 0.6) is 0 Å². The van der Waals surface area contributed by atoms with Crippen LogP contribution >= 0.6 is 0 Å². The number of carboxylic acids is 1. The first kappa shape index (κ1) is 12.0. The molecule has 1 aliphatic carbocycles. The number of pyridine rings is 1. The third-order valence-electron chi connectivity index (χ3n) is 3.35. The van der Waals surface area contributed by atoms with Crippen molar-refractivity contribution in [2.24, 2.45) is 5.92 Å². The van der Waals surface area contributed by atoms with Crippen LogP contribution in [0.3, 0.4) is 0 Å². The van der Waals surface area contributed by atoms with E-state index in [4.69, 9.17) is 5.11 Å². The van der Waals surface area contributed by atoms with Crippen molar-refractivity contribution in [3.8, 4) is 0 Å². The van der Waals surface area contributed by atoms with Crippen molar-refractivity contribution in [3.05, 3.63) is 29.6 Å². The molecule has 0 spiro atoms. The molecule has 92 valence electrons.